The van der Waals surface area contributed by atoms with Gasteiger partial charge in [0, 0.05) is 42.3 Å². The molecule has 7 rings (SSSR count). The highest BCUT2D eigenvalue weighted by Crippen LogP contribution is 2.44. The Morgan fingerprint density at radius 3 is 2.10 bits per heavy atom. The van der Waals surface area contributed by atoms with E-state index in [1.807, 2.05) is 60.4 Å². The first kappa shape index (κ1) is 34.5. The number of nitrogens with zero attached hydrogens (tertiary/aromatic N) is 2. The number of benzene rings is 4. The predicted octanol–water partition coefficient (Wildman–Crippen LogP) is 6.87. The molecule has 6 nitrogen and oxygen atoms in total. The fourth-order valence-electron chi connectivity index (χ4n) is 7.99. The van der Waals surface area contributed by atoms with Crippen molar-refractivity contribution in [3.8, 4) is 0 Å². The zero-order valence-electron chi connectivity index (χ0n) is 29.4. The van der Waals surface area contributed by atoms with Crippen molar-refractivity contribution >= 4 is 35.3 Å². The molecule has 1 saturated heterocycles. The van der Waals surface area contributed by atoms with Crippen LogP contribution >= 0.6 is 0 Å². The molecule has 50 heavy (non-hydrogen) atoms. The summed E-state index contributed by atoms with van der Waals surface area (Å²) in [5, 5.41) is 16.3. The van der Waals surface area contributed by atoms with Crippen LogP contribution in [0.2, 0.25) is 5.04 Å². The summed E-state index contributed by atoms with van der Waals surface area (Å²) in [7, 11) is -3.04. The molecule has 262 valence electrons. The van der Waals surface area contributed by atoms with Gasteiger partial charge in [-0.25, -0.2) is 13.2 Å². The second-order valence-electron chi connectivity index (χ2n) is 15.3. The number of hydrogen-bond acceptors (Lipinski definition) is 5. The summed E-state index contributed by atoms with van der Waals surface area (Å²) in [5.74, 6) is -1.32. The van der Waals surface area contributed by atoms with Gasteiger partial charge in [-0.2, -0.15) is 5.10 Å². The number of rotatable bonds is 10. The zero-order chi connectivity index (χ0) is 35.3. The van der Waals surface area contributed by atoms with Crippen molar-refractivity contribution in [2.24, 2.45) is 0 Å². The molecule has 3 heterocycles. The standard InChI is InChI=1S/C40H46F3N5OSi/c1-26-18-32-31(16-17-36-33(32)23-45-47-36)38(37-34(41)19-27(20-35(37)42)46-28-21-44-22-28)48(26)24-40(5,43)25-49-50(39(2,3)4,29-12-8-6-9-13-29)30-14-10-7-11-15-30/h6-17,19-20,23,26,28,38,44,46H,18,21-22,24-25H2,1-5H3,(H,45,47)/t26-,38+,40?/m1/s1. The summed E-state index contributed by atoms with van der Waals surface area (Å²) in [4.78, 5) is 1.92. The highest BCUT2D eigenvalue weighted by molar-refractivity contribution is 6.99. The Hall–Kier alpha value is -3.96. The lowest BCUT2D eigenvalue weighted by atomic mass is 9.82. The number of fused-ring (bicyclic) bond motifs is 3. The number of halogens is 3. The van der Waals surface area contributed by atoms with Gasteiger partial charge >= 0.3 is 0 Å². The second kappa shape index (κ2) is 13.3. The lowest BCUT2D eigenvalue weighted by Crippen LogP contribution is -2.67. The van der Waals surface area contributed by atoms with Crippen molar-refractivity contribution in [3.05, 3.63) is 119 Å². The van der Waals surface area contributed by atoms with Gasteiger partial charge in [0.1, 0.15) is 17.3 Å². The second-order valence-corrected chi connectivity index (χ2v) is 19.6. The minimum atomic E-state index is -3.04. The average molecular weight is 698 g/mol. The van der Waals surface area contributed by atoms with Crippen LogP contribution in [0.4, 0.5) is 18.9 Å². The highest BCUT2D eigenvalue weighted by Gasteiger charge is 2.52. The molecule has 3 N–H and O–H groups in total. The molecule has 0 amide bonds. The minimum Gasteiger partial charge on any atom is -0.404 e. The Kier molecular flexibility index (Phi) is 9.17. The first-order chi connectivity index (χ1) is 23.9. The Labute approximate surface area is 293 Å². The smallest absolute Gasteiger partial charge is 0.261 e. The van der Waals surface area contributed by atoms with Crippen LogP contribution in [-0.4, -0.2) is 67.4 Å². The van der Waals surface area contributed by atoms with Crippen LogP contribution < -0.4 is 21.0 Å². The van der Waals surface area contributed by atoms with E-state index in [0.717, 1.165) is 45.5 Å². The molecular formula is C40H46F3N5OSi. The summed E-state index contributed by atoms with van der Waals surface area (Å²) >= 11 is 0. The number of aromatic nitrogens is 2. The molecule has 4 aromatic carbocycles. The van der Waals surface area contributed by atoms with E-state index in [1.165, 1.54) is 12.1 Å². The van der Waals surface area contributed by atoms with E-state index in [9.17, 15) is 0 Å². The van der Waals surface area contributed by atoms with Gasteiger partial charge in [0.05, 0.1) is 30.4 Å². The summed E-state index contributed by atoms with van der Waals surface area (Å²) in [6.07, 6.45) is 2.34. The third kappa shape index (κ3) is 6.27. The van der Waals surface area contributed by atoms with E-state index in [4.69, 9.17) is 4.43 Å². The normalized spacial score (nSPS) is 19.9. The van der Waals surface area contributed by atoms with E-state index >= 15 is 13.2 Å². The first-order valence-corrected chi connectivity index (χ1v) is 19.4. The maximum atomic E-state index is 17.4. The molecule has 1 aromatic heterocycles. The molecular weight excluding hydrogens is 652 g/mol. The molecule has 0 spiro atoms. The topological polar surface area (TPSA) is 65.2 Å². The molecule has 0 saturated carbocycles. The molecule has 10 heteroatoms. The van der Waals surface area contributed by atoms with Gasteiger partial charge in [-0.05, 0) is 65.0 Å². The number of aromatic amines is 1. The third-order valence-electron chi connectivity index (χ3n) is 10.5. The lowest BCUT2D eigenvalue weighted by molar-refractivity contribution is 0.0215. The van der Waals surface area contributed by atoms with Gasteiger partial charge in [-0.3, -0.25) is 10.00 Å². The molecule has 0 radical (unpaired) electrons. The third-order valence-corrected chi connectivity index (χ3v) is 15.5. The molecule has 5 aromatic rings. The van der Waals surface area contributed by atoms with Crippen molar-refractivity contribution in [2.45, 2.75) is 69.9 Å². The van der Waals surface area contributed by atoms with Crippen LogP contribution in [0.15, 0.2) is 91.1 Å². The highest BCUT2D eigenvalue weighted by atomic mass is 28.4. The quantitative estimate of drug-likeness (QED) is 0.139. The van der Waals surface area contributed by atoms with Gasteiger partial charge in [-0.15, -0.1) is 0 Å². The van der Waals surface area contributed by atoms with Crippen molar-refractivity contribution in [1.82, 2.24) is 20.4 Å². The maximum absolute atomic E-state index is 17.4. The summed E-state index contributed by atoms with van der Waals surface area (Å²) in [6.45, 7) is 11.2. The number of nitrogens with one attached hydrogen (secondary N) is 3. The van der Waals surface area contributed by atoms with Crippen molar-refractivity contribution in [1.29, 1.82) is 0 Å². The van der Waals surface area contributed by atoms with Gasteiger partial charge in [0.15, 0.2) is 0 Å². The fraction of sp³-hybridized carbons (Fsp3) is 0.375. The lowest BCUT2D eigenvalue weighted by Gasteiger charge is -2.47. The van der Waals surface area contributed by atoms with E-state index in [-0.39, 0.29) is 35.8 Å². The van der Waals surface area contributed by atoms with E-state index < -0.39 is 31.7 Å². The van der Waals surface area contributed by atoms with Gasteiger partial charge < -0.3 is 15.1 Å². The molecule has 2 aliphatic rings. The maximum Gasteiger partial charge on any atom is 0.261 e. The van der Waals surface area contributed by atoms with Crippen LogP contribution in [0.5, 0.6) is 0 Å². The molecule has 0 aliphatic carbocycles. The Morgan fingerprint density at radius 1 is 0.920 bits per heavy atom. The molecule has 0 bridgehead atoms. The van der Waals surface area contributed by atoms with Crippen LogP contribution in [0.1, 0.15) is 57.4 Å². The molecule has 2 aliphatic heterocycles. The van der Waals surface area contributed by atoms with Crippen LogP contribution in [0.3, 0.4) is 0 Å². The molecule has 1 unspecified atom stereocenters. The number of H-pyrrole nitrogens is 1. The SMILES string of the molecule is C[C@@H]1Cc2c(ccc3[nH]ncc23)[C@@H](c2c(F)cc(NC3CNC3)cc2F)N1CC(C)(F)CO[Si](c1ccccc1)(c1ccccc1)C(C)(C)C. The zero-order valence-corrected chi connectivity index (χ0v) is 30.4. The number of anilines is 1. The fourth-order valence-corrected chi connectivity index (χ4v) is 12.7. The van der Waals surface area contributed by atoms with Crippen LogP contribution in [0.25, 0.3) is 10.9 Å². The van der Waals surface area contributed by atoms with Crippen LogP contribution in [0, 0.1) is 11.6 Å². The van der Waals surface area contributed by atoms with Crippen molar-refractivity contribution < 1.29 is 17.6 Å². The van der Waals surface area contributed by atoms with E-state index in [0.29, 0.717) is 12.1 Å². The average Bonchev–Trinajstić information content (AvgIpc) is 3.54. The Bertz CT molecular complexity index is 1900. The largest absolute Gasteiger partial charge is 0.404 e. The van der Waals surface area contributed by atoms with Gasteiger partial charge in [-0.1, -0.05) is 87.5 Å². The monoisotopic (exact) mass is 697 g/mol. The van der Waals surface area contributed by atoms with Gasteiger partial charge in [0.2, 0.25) is 0 Å². The number of alkyl halides is 1. The summed E-state index contributed by atoms with van der Waals surface area (Å²) in [6, 6.07) is 25.9. The van der Waals surface area contributed by atoms with E-state index in [1.54, 1.807) is 13.1 Å². The van der Waals surface area contributed by atoms with Crippen molar-refractivity contribution in [3.63, 3.8) is 0 Å². The summed E-state index contributed by atoms with van der Waals surface area (Å²) in [5.41, 5.74) is 1.01. The number of hydrogen-bond donors (Lipinski definition) is 3. The predicted molar refractivity (Wildman–Crippen MR) is 198 cm³/mol. The Morgan fingerprint density at radius 2 is 1.54 bits per heavy atom. The first-order valence-electron chi connectivity index (χ1n) is 17.5. The minimum absolute atomic E-state index is 0.0818. The molecule has 3 atom stereocenters. The van der Waals surface area contributed by atoms with Crippen molar-refractivity contribution in [2.75, 3.05) is 31.6 Å². The van der Waals surface area contributed by atoms with Crippen LogP contribution in [-0.2, 0) is 10.8 Å². The van der Waals surface area contributed by atoms with E-state index in [2.05, 4.69) is 65.9 Å². The summed E-state index contributed by atoms with van der Waals surface area (Å²) < 4.78 is 57.0. The molecule has 1 fully saturated rings. The Balaban J connectivity index is 1.27. The van der Waals surface area contributed by atoms with Gasteiger partial charge in [0.25, 0.3) is 8.32 Å².